The van der Waals surface area contributed by atoms with Crippen molar-refractivity contribution < 1.29 is 14.3 Å². The second-order valence-electron chi connectivity index (χ2n) is 6.95. The Hall–Kier alpha value is -3.07. The molecule has 1 aromatic carbocycles. The van der Waals surface area contributed by atoms with Crippen molar-refractivity contribution in [3.63, 3.8) is 0 Å². The number of aromatic nitrogens is 4. The predicted molar refractivity (Wildman–Crippen MR) is 117 cm³/mol. The number of nitrogens with one attached hydrogen (secondary N) is 1. The Kier molecular flexibility index (Phi) is 7.29. The van der Waals surface area contributed by atoms with E-state index in [0.29, 0.717) is 28.3 Å². The average molecular weight is 428 g/mol. The molecule has 0 unspecified atom stereocenters. The Morgan fingerprint density at radius 1 is 1.13 bits per heavy atom. The summed E-state index contributed by atoms with van der Waals surface area (Å²) in [4.78, 5) is 16.6. The summed E-state index contributed by atoms with van der Waals surface area (Å²) in [5.41, 5.74) is 1.53. The minimum atomic E-state index is -0.159. The van der Waals surface area contributed by atoms with Gasteiger partial charge in [-0.3, -0.25) is 9.78 Å². The summed E-state index contributed by atoms with van der Waals surface area (Å²) in [7, 11) is 3.13. The number of hydrogen-bond acceptors (Lipinski definition) is 7. The first-order chi connectivity index (χ1) is 14.5. The molecule has 0 radical (unpaired) electrons. The molecule has 0 fully saturated rings. The summed E-state index contributed by atoms with van der Waals surface area (Å²) in [6.45, 7) is 5.02. The summed E-state index contributed by atoms with van der Waals surface area (Å²) in [5.74, 6) is 2.40. The Bertz CT molecular complexity index is 992. The van der Waals surface area contributed by atoms with E-state index in [0.717, 1.165) is 17.9 Å². The lowest BCUT2D eigenvalue weighted by molar-refractivity contribution is -0.113. The SMILES string of the molecule is COc1ccc(NC(=O)CSc2nnc(-c3ccncc3)n2CC(C)C)c(OC)c1. The van der Waals surface area contributed by atoms with E-state index in [2.05, 4.69) is 34.3 Å². The van der Waals surface area contributed by atoms with Gasteiger partial charge in [0.15, 0.2) is 11.0 Å². The number of thioether (sulfide) groups is 1. The zero-order valence-electron chi connectivity index (χ0n) is 17.5. The Labute approximate surface area is 180 Å². The molecule has 3 rings (SSSR count). The van der Waals surface area contributed by atoms with E-state index in [4.69, 9.17) is 9.47 Å². The van der Waals surface area contributed by atoms with Crippen LogP contribution in [0.1, 0.15) is 13.8 Å². The van der Waals surface area contributed by atoms with Crippen molar-refractivity contribution in [1.29, 1.82) is 0 Å². The fourth-order valence-corrected chi connectivity index (χ4v) is 3.61. The molecule has 0 saturated carbocycles. The van der Waals surface area contributed by atoms with Gasteiger partial charge in [-0.15, -0.1) is 10.2 Å². The number of nitrogens with zero attached hydrogens (tertiary/aromatic N) is 4. The van der Waals surface area contributed by atoms with Crippen molar-refractivity contribution in [3.05, 3.63) is 42.7 Å². The third kappa shape index (κ3) is 5.29. The summed E-state index contributed by atoms with van der Waals surface area (Å²) < 4.78 is 12.6. The van der Waals surface area contributed by atoms with Gasteiger partial charge in [0, 0.05) is 30.6 Å². The van der Waals surface area contributed by atoms with Crippen LogP contribution in [-0.2, 0) is 11.3 Å². The first-order valence-electron chi connectivity index (χ1n) is 9.50. The van der Waals surface area contributed by atoms with Crippen LogP contribution >= 0.6 is 11.8 Å². The van der Waals surface area contributed by atoms with Gasteiger partial charge in [-0.25, -0.2) is 0 Å². The lowest BCUT2D eigenvalue weighted by Gasteiger charge is -2.13. The van der Waals surface area contributed by atoms with E-state index in [1.165, 1.54) is 11.8 Å². The lowest BCUT2D eigenvalue weighted by Crippen LogP contribution is -2.16. The molecule has 0 aliphatic rings. The van der Waals surface area contributed by atoms with E-state index in [1.54, 1.807) is 44.8 Å². The molecule has 8 nitrogen and oxygen atoms in total. The van der Waals surface area contributed by atoms with E-state index in [1.807, 2.05) is 16.7 Å². The van der Waals surface area contributed by atoms with Crippen molar-refractivity contribution in [1.82, 2.24) is 19.7 Å². The van der Waals surface area contributed by atoms with Crippen LogP contribution in [0.25, 0.3) is 11.4 Å². The van der Waals surface area contributed by atoms with E-state index in [-0.39, 0.29) is 11.7 Å². The first kappa shape index (κ1) is 21.6. The van der Waals surface area contributed by atoms with Gasteiger partial charge in [0.2, 0.25) is 5.91 Å². The average Bonchev–Trinajstić information content (AvgIpc) is 3.15. The molecule has 158 valence electrons. The highest BCUT2D eigenvalue weighted by atomic mass is 32.2. The number of pyridine rings is 1. The Balaban J connectivity index is 1.72. The maximum atomic E-state index is 12.5. The number of ether oxygens (including phenoxy) is 2. The molecule has 0 aliphatic heterocycles. The molecule has 0 atom stereocenters. The number of carbonyl (C=O) groups is 1. The molecule has 1 amide bonds. The third-order valence-corrected chi connectivity index (χ3v) is 5.18. The van der Waals surface area contributed by atoms with Gasteiger partial charge >= 0.3 is 0 Å². The largest absolute Gasteiger partial charge is 0.497 e. The minimum absolute atomic E-state index is 0.159. The van der Waals surface area contributed by atoms with Gasteiger partial charge < -0.3 is 19.4 Å². The topological polar surface area (TPSA) is 91.2 Å². The van der Waals surface area contributed by atoms with E-state index >= 15 is 0 Å². The van der Waals surface area contributed by atoms with Crippen LogP contribution in [0, 0.1) is 5.92 Å². The standard InChI is InChI=1S/C21H25N5O3S/c1-14(2)12-26-20(15-7-9-22-10-8-15)24-25-21(26)30-13-19(27)23-17-6-5-16(28-3)11-18(17)29-4/h5-11,14H,12-13H2,1-4H3,(H,23,27). The highest BCUT2D eigenvalue weighted by molar-refractivity contribution is 7.99. The van der Waals surface area contributed by atoms with Crippen LogP contribution in [0.4, 0.5) is 5.69 Å². The summed E-state index contributed by atoms with van der Waals surface area (Å²) in [6, 6.07) is 9.05. The van der Waals surface area contributed by atoms with Crippen molar-refractivity contribution in [2.75, 3.05) is 25.3 Å². The molecule has 0 saturated heterocycles. The van der Waals surface area contributed by atoms with Gasteiger partial charge in [-0.2, -0.15) is 0 Å². The van der Waals surface area contributed by atoms with Crippen molar-refractivity contribution in [3.8, 4) is 22.9 Å². The number of hydrogen-bond donors (Lipinski definition) is 1. The van der Waals surface area contributed by atoms with Crippen molar-refractivity contribution in [2.24, 2.45) is 5.92 Å². The maximum absolute atomic E-state index is 12.5. The smallest absolute Gasteiger partial charge is 0.234 e. The number of rotatable bonds is 9. The fraction of sp³-hybridized carbons (Fsp3) is 0.333. The molecule has 0 aliphatic carbocycles. The zero-order valence-corrected chi connectivity index (χ0v) is 18.3. The lowest BCUT2D eigenvalue weighted by atomic mass is 10.2. The normalized spacial score (nSPS) is 10.8. The number of carbonyl (C=O) groups excluding carboxylic acids is 1. The number of anilines is 1. The first-order valence-corrected chi connectivity index (χ1v) is 10.5. The Morgan fingerprint density at radius 3 is 2.57 bits per heavy atom. The van der Waals surface area contributed by atoms with Gasteiger partial charge in [0.1, 0.15) is 11.5 Å². The number of methoxy groups -OCH3 is 2. The molecular formula is C21H25N5O3S. The van der Waals surface area contributed by atoms with E-state index in [9.17, 15) is 4.79 Å². The van der Waals surface area contributed by atoms with Crippen LogP contribution in [0.2, 0.25) is 0 Å². The molecule has 30 heavy (non-hydrogen) atoms. The van der Waals surface area contributed by atoms with Crippen molar-refractivity contribution >= 4 is 23.4 Å². The third-order valence-electron chi connectivity index (χ3n) is 4.22. The molecule has 0 bridgehead atoms. The predicted octanol–water partition coefficient (Wildman–Crippen LogP) is 3.74. The quantitative estimate of drug-likeness (QED) is 0.520. The Morgan fingerprint density at radius 2 is 1.90 bits per heavy atom. The highest BCUT2D eigenvalue weighted by Crippen LogP contribution is 2.30. The van der Waals surface area contributed by atoms with Gasteiger partial charge in [0.05, 0.1) is 25.7 Å². The minimum Gasteiger partial charge on any atom is -0.497 e. The fourth-order valence-electron chi connectivity index (χ4n) is 2.86. The second-order valence-corrected chi connectivity index (χ2v) is 7.89. The number of benzene rings is 1. The number of amides is 1. The molecule has 2 heterocycles. The summed E-state index contributed by atoms with van der Waals surface area (Å²) >= 11 is 1.35. The second kappa shape index (κ2) is 10.1. The highest BCUT2D eigenvalue weighted by Gasteiger charge is 2.17. The van der Waals surface area contributed by atoms with Crippen LogP contribution in [0.5, 0.6) is 11.5 Å². The van der Waals surface area contributed by atoms with Crippen LogP contribution in [0.15, 0.2) is 47.9 Å². The maximum Gasteiger partial charge on any atom is 0.234 e. The van der Waals surface area contributed by atoms with Crippen LogP contribution < -0.4 is 14.8 Å². The molecule has 1 N–H and O–H groups in total. The molecule has 0 spiro atoms. The summed E-state index contributed by atoms with van der Waals surface area (Å²) in [6.07, 6.45) is 3.46. The van der Waals surface area contributed by atoms with Crippen LogP contribution in [-0.4, -0.2) is 45.6 Å². The van der Waals surface area contributed by atoms with E-state index < -0.39 is 0 Å². The monoisotopic (exact) mass is 427 g/mol. The van der Waals surface area contributed by atoms with Gasteiger partial charge in [0.25, 0.3) is 0 Å². The molecule has 2 aromatic heterocycles. The molecular weight excluding hydrogens is 402 g/mol. The summed E-state index contributed by atoms with van der Waals surface area (Å²) in [5, 5.41) is 12.2. The molecule has 9 heteroatoms. The van der Waals surface area contributed by atoms with Crippen LogP contribution in [0.3, 0.4) is 0 Å². The van der Waals surface area contributed by atoms with Gasteiger partial charge in [-0.1, -0.05) is 25.6 Å². The zero-order chi connectivity index (χ0) is 21.5. The molecule has 3 aromatic rings. The van der Waals surface area contributed by atoms with Crippen molar-refractivity contribution in [2.45, 2.75) is 25.5 Å². The van der Waals surface area contributed by atoms with Gasteiger partial charge in [-0.05, 0) is 30.2 Å².